The monoisotopic (exact) mass is 428 g/mol. The molecule has 0 N–H and O–H groups in total. The highest BCUT2D eigenvalue weighted by atomic mass is 16.6. The van der Waals surface area contributed by atoms with Gasteiger partial charge >= 0.3 is 11.9 Å². The Hall–Kier alpha value is -2.43. The highest BCUT2D eigenvalue weighted by molar-refractivity contribution is 6.04. The molecular formula is C26H36O5. The average Bonchev–Trinajstić information content (AvgIpc) is 3.00. The third-order valence-corrected chi connectivity index (χ3v) is 6.74. The lowest BCUT2D eigenvalue weighted by molar-refractivity contribution is -0.153. The van der Waals surface area contributed by atoms with Crippen LogP contribution in [0.4, 0.5) is 0 Å². The van der Waals surface area contributed by atoms with E-state index in [2.05, 4.69) is 20.4 Å². The van der Waals surface area contributed by atoms with E-state index in [-0.39, 0.29) is 23.5 Å². The molecule has 0 saturated heterocycles. The average molecular weight is 429 g/mol. The highest BCUT2D eigenvalue weighted by Crippen LogP contribution is 2.53. The zero-order valence-corrected chi connectivity index (χ0v) is 19.9. The summed E-state index contributed by atoms with van der Waals surface area (Å²) in [6.45, 7) is 17.6. The zero-order valence-electron chi connectivity index (χ0n) is 19.9. The van der Waals surface area contributed by atoms with Crippen LogP contribution in [0.2, 0.25) is 0 Å². The van der Waals surface area contributed by atoms with Gasteiger partial charge in [0.25, 0.3) is 0 Å². The van der Waals surface area contributed by atoms with Crippen LogP contribution < -0.4 is 0 Å². The molecule has 5 nitrogen and oxygen atoms in total. The Morgan fingerprint density at radius 2 is 1.81 bits per heavy atom. The number of ketones is 1. The Kier molecular flexibility index (Phi) is 8.21. The number of allylic oxidation sites excluding steroid dienone is 3. The standard InChI is InChI=1S/C26H36O5/c1-9-15(6)12-21(27)30-20-13-19(14(4)5)23-18(11-3)24(28)25(22(23)17(20)8)31-26(29)16(7)10-2/h10-12,14,19-20,22-23,25H,8-9,13H2,1-7H3/b15-12+,16-10-,18-11-/t19-,20+,22-,23-,25-/m0/s1. The molecule has 0 unspecified atom stereocenters. The first-order chi connectivity index (χ1) is 14.6. The smallest absolute Gasteiger partial charge is 0.334 e. The Bertz CT molecular complexity index is 842. The number of hydrogen-bond donors (Lipinski definition) is 0. The molecule has 5 atom stereocenters. The maximum absolute atomic E-state index is 13.3. The lowest BCUT2D eigenvalue weighted by atomic mass is 9.65. The molecule has 170 valence electrons. The largest absolute Gasteiger partial charge is 0.455 e. The summed E-state index contributed by atoms with van der Waals surface area (Å²) < 4.78 is 11.5. The third kappa shape index (κ3) is 5.08. The summed E-state index contributed by atoms with van der Waals surface area (Å²) in [5.74, 6) is -1.23. The SMILES string of the molecule is C=C1[C@H]2[C@@H](/C(=C/C)C(=O)[C@H]2OC(=O)/C(C)=C\C)[C@H](C(C)C)C[C@H]1OC(=O)/C=C(\C)CC. The molecule has 0 bridgehead atoms. The van der Waals surface area contributed by atoms with Gasteiger partial charge in [-0.25, -0.2) is 9.59 Å². The van der Waals surface area contributed by atoms with Crippen molar-refractivity contribution in [1.82, 2.24) is 0 Å². The Labute approximate surface area is 186 Å². The molecule has 0 aromatic heterocycles. The van der Waals surface area contributed by atoms with Gasteiger partial charge in [-0.1, -0.05) is 45.1 Å². The molecule has 2 aliphatic carbocycles. The third-order valence-electron chi connectivity index (χ3n) is 6.74. The maximum atomic E-state index is 13.3. The van der Waals surface area contributed by atoms with Crippen molar-refractivity contribution in [2.24, 2.45) is 23.7 Å². The van der Waals surface area contributed by atoms with E-state index in [0.29, 0.717) is 23.1 Å². The van der Waals surface area contributed by atoms with E-state index in [9.17, 15) is 14.4 Å². The molecule has 0 radical (unpaired) electrons. The predicted molar refractivity (Wildman–Crippen MR) is 121 cm³/mol. The molecule has 0 amide bonds. The van der Waals surface area contributed by atoms with Gasteiger partial charge in [0.05, 0.1) is 0 Å². The second-order valence-electron chi connectivity index (χ2n) is 8.95. The number of fused-ring (bicyclic) bond motifs is 1. The normalized spacial score (nSPS) is 30.6. The summed E-state index contributed by atoms with van der Waals surface area (Å²) >= 11 is 0. The lowest BCUT2D eigenvalue weighted by Gasteiger charge is -2.42. The van der Waals surface area contributed by atoms with E-state index in [0.717, 1.165) is 12.0 Å². The topological polar surface area (TPSA) is 69.7 Å². The summed E-state index contributed by atoms with van der Waals surface area (Å²) in [5, 5.41) is 0. The van der Waals surface area contributed by atoms with Crippen molar-refractivity contribution >= 4 is 17.7 Å². The molecule has 31 heavy (non-hydrogen) atoms. The Balaban J connectivity index is 2.44. The molecule has 0 aliphatic heterocycles. The van der Waals surface area contributed by atoms with Crippen LogP contribution in [0.1, 0.15) is 61.3 Å². The lowest BCUT2D eigenvalue weighted by Crippen LogP contribution is -2.43. The highest BCUT2D eigenvalue weighted by Gasteiger charge is 2.57. The molecule has 2 rings (SSSR count). The number of esters is 2. The number of Topliss-reactive ketones (excluding diaryl/α,β-unsaturated/α-hetero) is 1. The summed E-state index contributed by atoms with van der Waals surface area (Å²) in [4.78, 5) is 38.2. The quantitative estimate of drug-likeness (QED) is 0.333. The van der Waals surface area contributed by atoms with Crippen LogP contribution in [0.15, 0.2) is 47.1 Å². The van der Waals surface area contributed by atoms with Gasteiger partial charge in [0.15, 0.2) is 11.9 Å². The molecule has 5 heteroatoms. The first-order valence-corrected chi connectivity index (χ1v) is 11.2. The summed E-state index contributed by atoms with van der Waals surface area (Å²) in [6, 6.07) is 0. The van der Waals surface area contributed by atoms with Gasteiger partial charge in [-0.05, 0) is 63.5 Å². The molecule has 2 fully saturated rings. The van der Waals surface area contributed by atoms with Crippen LogP contribution in [0, 0.1) is 23.7 Å². The van der Waals surface area contributed by atoms with Crippen LogP contribution in [-0.4, -0.2) is 29.9 Å². The number of ether oxygens (including phenoxy) is 2. The predicted octanol–water partition coefficient (Wildman–Crippen LogP) is 5.13. The van der Waals surface area contributed by atoms with Gasteiger partial charge in [0.2, 0.25) is 0 Å². The Morgan fingerprint density at radius 3 is 2.32 bits per heavy atom. The molecule has 2 saturated carbocycles. The first-order valence-electron chi connectivity index (χ1n) is 11.2. The number of carbonyl (C=O) groups excluding carboxylic acids is 3. The van der Waals surface area contributed by atoms with Crippen molar-refractivity contribution in [3.63, 3.8) is 0 Å². The van der Waals surface area contributed by atoms with Gasteiger partial charge < -0.3 is 9.47 Å². The van der Waals surface area contributed by atoms with Crippen LogP contribution in [0.25, 0.3) is 0 Å². The minimum absolute atomic E-state index is 0.100. The van der Waals surface area contributed by atoms with Crippen LogP contribution >= 0.6 is 0 Å². The molecular weight excluding hydrogens is 392 g/mol. The summed E-state index contributed by atoms with van der Waals surface area (Å²) in [7, 11) is 0. The Morgan fingerprint density at radius 1 is 1.16 bits per heavy atom. The molecule has 0 aromatic rings. The fraction of sp³-hybridized carbons (Fsp3) is 0.577. The van der Waals surface area contributed by atoms with E-state index in [1.54, 1.807) is 19.9 Å². The molecule has 0 heterocycles. The van der Waals surface area contributed by atoms with Crippen molar-refractivity contribution in [3.05, 3.63) is 47.1 Å². The second-order valence-corrected chi connectivity index (χ2v) is 8.95. The van der Waals surface area contributed by atoms with Crippen molar-refractivity contribution in [1.29, 1.82) is 0 Å². The van der Waals surface area contributed by atoms with Gasteiger partial charge in [0, 0.05) is 23.5 Å². The van der Waals surface area contributed by atoms with Gasteiger partial charge in [0.1, 0.15) is 6.10 Å². The van der Waals surface area contributed by atoms with Crippen molar-refractivity contribution in [3.8, 4) is 0 Å². The summed E-state index contributed by atoms with van der Waals surface area (Å²) in [6.07, 6.45) is 4.90. The second kappa shape index (κ2) is 10.3. The fourth-order valence-corrected chi connectivity index (χ4v) is 4.63. The number of carbonyl (C=O) groups is 3. The van der Waals surface area contributed by atoms with E-state index in [1.807, 2.05) is 26.8 Å². The summed E-state index contributed by atoms with van der Waals surface area (Å²) in [5.41, 5.74) is 2.72. The van der Waals surface area contributed by atoms with Gasteiger partial charge in [-0.2, -0.15) is 0 Å². The van der Waals surface area contributed by atoms with E-state index in [4.69, 9.17) is 9.47 Å². The molecule has 0 spiro atoms. The van der Waals surface area contributed by atoms with Crippen molar-refractivity contribution in [2.45, 2.75) is 73.5 Å². The number of hydrogen-bond acceptors (Lipinski definition) is 5. The number of rotatable bonds is 6. The zero-order chi connectivity index (χ0) is 23.5. The molecule has 0 aromatic carbocycles. The van der Waals surface area contributed by atoms with Gasteiger partial charge in [-0.15, -0.1) is 0 Å². The van der Waals surface area contributed by atoms with E-state index >= 15 is 0 Å². The van der Waals surface area contributed by atoms with Crippen molar-refractivity contribution in [2.75, 3.05) is 0 Å². The van der Waals surface area contributed by atoms with Crippen molar-refractivity contribution < 1.29 is 23.9 Å². The van der Waals surface area contributed by atoms with Gasteiger partial charge in [-0.3, -0.25) is 4.79 Å². The van der Waals surface area contributed by atoms with E-state index < -0.39 is 30.1 Å². The molecule has 2 aliphatic rings. The fourth-order valence-electron chi connectivity index (χ4n) is 4.63. The van der Waals surface area contributed by atoms with Crippen LogP contribution in [0.5, 0.6) is 0 Å². The minimum atomic E-state index is -0.943. The van der Waals surface area contributed by atoms with Crippen LogP contribution in [-0.2, 0) is 23.9 Å². The first kappa shape index (κ1) is 24.8. The maximum Gasteiger partial charge on any atom is 0.334 e. The minimum Gasteiger partial charge on any atom is -0.455 e. The van der Waals surface area contributed by atoms with E-state index in [1.165, 1.54) is 6.08 Å². The van der Waals surface area contributed by atoms with Crippen LogP contribution in [0.3, 0.4) is 0 Å².